The molecule has 2 aromatic rings. The van der Waals surface area contributed by atoms with Crippen LogP contribution in [0.4, 0.5) is 0 Å². The van der Waals surface area contributed by atoms with Gasteiger partial charge in [0.15, 0.2) is 9.84 Å². The van der Waals surface area contributed by atoms with Crippen molar-refractivity contribution in [2.45, 2.75) is 89.6 Å². The molecule has 1 aliphatic carbocycles. The van der Waals surface area contributed by atoms with Gasteiger partial charge >= 0.3 is 0 Å². The molecule has 2 saturated heterocycles. The minimum Gasteiger partial charge on any atom is -0.344 e. The van der Waals surface area contributed by atoms with Crippen LogP contribution in [0.2, 0.25) is 10.0 Å². The van der Waals surface area contributed by atoms with Crippen molar-refractivity contribution >= 4 is 54.5 Å². The van der Waals surface area contributed by atoms with Crippen molar-refractivity contribution in [3.8, 4) is 11.3 Å². The normalized spacial score (nSPS) is 22.1. The van der Waals surface area contributed by atoms with Crippen LogP contribution in [0.25, 0.3) is 11.3 Å². The fourth-order valence-electron chi connectivity index (χ4n) is 7.02. The van der Waals surface area contributed by atoms with E-state index in [1.165, 1.54) is 19.3 Å². The fourth-order valence-corrected chi connectivity index (χ4v) is 12.0. The molecule has 1 atom stereocenters. The number of hydrogen-bond donors (Lipinski definition) is 1. The largest absolute Gasteiger partial charge is 0.344 e. The Morgan fingerprint density at radius 2 is 1.71 bits per heavy atom. The molecule has 1 unspecified atom stereocenters. The van der Waals surface area contributed by atoms with Crippen molar-refractivity contribution in [3.05, 3.63) is 39.5 Å². The molecular weight excluding hydrogens is 613 g/mol. The summed E-state index contributed by atoms with van der Waals surface area (Å²) in [6.45, 7) is 9.62. The van der Waals surface area contributed by atoms with Crippen LogP contribution in [0.15, 0.2) is 23.1 Å². The second-order valence-electron chi connectivity index (χ2n) is 13.7. The van der Waals surface area contributed by atoms with Crippen molar-refractivity contribution in [2.24, 2.45) is 11.3 Å². The fraction of sp³-hybridized carbons (Fsp3) is 0.613. The van der Waals surface area contributed by atoms with Gasteiger partial charge in [-0.2, -0.15) is 0 Å². The minimum absolute atomic E-state index is 0.0397. The maximum atomic E-state index is 13.9. The van der Waals surface area contributed by atoms with E-state index in [9.17, 15) is 17.4 Å². The first-order chi connectivity index (χ1) is 19.5. The highest BCUT2D eigenvalue weighted by atomic mass is 35.5. The molecule has 11 heteroatoms. The van der Waals surface area contributed by atoms with E-state index in [1.807, 2.05) is 44.7 Å². The SMILES string of the molecule is C=S(=O)(NC(C)(C)C)c1ccc(-c2cc(C(=O)N3CCC4(CC3)CS(=O)(=O)C4)c(C)n2CC2CCCCC2)c(Cl)c1Cl. The lowest BCUT2D eigenvalue weighted by atomic mass is 9.81. The van der Waals surface area contributed by atoms with E-state index in [2.05, 4.69) is 15.2 Å². The van der Waals surface area contributed by atoms with Gasteiger partial charge < -0.3 is 9.47 Å². The zero-order valence-corrected chi connectivity index (χ0v) is 28.2. The van der Waals surface area contributed by atoms with Crippen LogP contribution in [0.5, 0.6) is 0 Å². The first-order valence-corrected chi connectivity index (χ1v) is 19.2. The molecule has 42 heavy (non-hydrogen) atoms. The number of halogens is 2. The number of benzene rings is 1. The third-order valence-electron chi connectivity index (χ3n) is 9.08. The Kier molecular flexibility index (Phi) is 8.69. The summed E-state index contributed by atoms with van der Waals surface area (Å²) in [6, 6.07) is 5.48. The average Bonchev–Trinajstić information content (AvgIpc) is 3.19. The summed E-state index contributed by atoms with van der Waals surface area (Å²) in [4.78, 5) is 16.1. The van der Waals surface area contributed by atoms with Gasteiger partial charge in [0, 0.05) is 41.8 Å². The predicted octanol–water partition coefficient (Wildman–Crippen LogP) is 6.38. The Morgan fingerprint density at radius 3 is 2.29 bits per heavy atom. The molecule has 1 aromatic carbocycles. The minimum atomic E-state index is -2.92. The Hall–Kier alpha value is -1.52. The standard InChI is InChI=1S/C31H43Cl2N3O4S2/c1-21-24(29(37)35-15-13-31(14-16-35)19-42(39,40)20-31)17-25(36(21)18-22-9-7-6-8-10-22)23-11-12-26(28(33)27(23)32)41(5,38)34-30(2,3)4/h11-12,17,22H,5-10,13-16,18-20H2,1-4H3,(H,34,38). The summed E-state index contributed by atoms with van der Waals surface area (Å²) in [5.41, 5.74) is 2.41. The number of amides is 1. The Labute approximate surface area is 261 Å². The second-order valence-corrected chi connectivity index (χ2v) is 18.5. The van der Waals surface area contributed by atoms with Gasteiger partial charge in [-0.15, -0.1) is 0 Å². The number of nitrogens with one attached hydrogen (secondary N) is 1. The van der Waals surface area contributed by atoms with Gasteiger partial charge in [-0.05, 0) is 77.3 Å². The van der Waals surface area contributed by atoms with Gasteiger partial charge in [-0.3, -0.25) is 4.79 Å². The van der Waals surface area contributed by atoms with Crippen molar-refractivity contribution in [1.29, 1.82) is 0 Å². The van der Waals surface area contributed by atoms with Gasteiger partial charge in [0.1, 0.15) is 0 Å². The number of likely N-dealkylation sites (tertiary alicyclic amines) is 1. The first-order valence-electron chi connectivity index (χ1n) is 14.9. The highest BCUT2D eigenvalue weighted by molar-refractivity contribution is 7.98. The van der Waals surface area contributed by atoms with Crippen molar-refractivity contribution in [3.63, 3.8) is 0 Å². The van der Waals surface area contributed by atoms with Crippen LogP contribution in [0.3, 0.4) is 0 Å². The molecule has 1 aromatic heterocycles. The molecule has 3 aliphatic rings. The Bertz CT molecular complexity index is 1580. The van der Waals surface area contributed by atoms with Crippen molar-refractivity contribution in [2.75, 3.05) is 24.6 Å². The molecule has 1 amide bonds. The molecule has 3 heterocycles. The zero-order valence-electron chi connectivity index (χ0n) is 25.1. The molecule has 0 radical (unpaired) electrons. The highest BCUT2D eigenvalue weighted by Crippen LogP contribution is 2.44. The number of hydrogen-bond acceptors (Lipinski definition) is 4. The molecule has 0 bridgehead atoms. The van der Waals surface area contributed by atoms with Crippen LogP contribution < -0.4 is 4.72 Å². The average molecular weight is 657 g/mol. The molecule has 1 spiro atoms. The van der Waals surface area contributed by atoms with E-state index in [-0.39, 0.29) is 32.9 Å². The van der Waals surface area contributed by atoms with Gasteiger partial charge in [0.05, 0.1) is 47.4 Å². The summed E-state index contributed by atoms with van der Waals surface area (Å²) in [5, 5.41) is 0.479. The third-order valence-corrected chi connectivity index (χ3v) is 14.2. The van der Waals surface area contributed by atoms with Crippen LogP contribution in [0.1, 0.15) is 81.8 Å². The summed E-state index contributed by atoms with van der Waals surface area (Å²) in [6.07, 6.45) is 7.38. The van der Waals surface area contributed by atoms with E-state index in [0.717, 1.165) is 30.8 Å². The highest BCUT2D eigenvalue weighted by Gasteiger charge is 2.50. The number of carbonyl (C=O) groups is 1. The maximum absolute atomic E-state index is 13.9. The summed E-state index contributed by atoms with van der Waals surface area (Å²) in [7, 11) is -5.84. The van der Waals surface area contributed by atoms with E-state index in [0.29, 0.717) is 47.9 Å². The summed E-state index contributed by atoms with van der Waals surface area (Å²) < 4.78 is 42.5. The molecule has 232 valence electrons. The van der Waals surface area contributed by atoms with Gasteiger partial charge in [0.25, 0.3) is 5.91 Å². The second kappa shape index (κ2) is 11.4. The smallest absolute Gasteiger partial charge is 0.255 e. The van der Waals surface area contributed by atoms with E-state index in [4.69, 9.17) is 23.2 Å². The lowest BCUT2D eigenvalue weighted by Gasteiger charge is -2.47. The van der Waals surface area contributed by atoms with Gasteiger partial charge in [-0.1, -0.05) is 48.5 Å². The molecule has 3 fully saturated rings. The molecule has 5 rings (SSSR count). The predicted molar refractivity (Wildman–Crippen MR) is 174 cm³/mol. The number of piperidine rings is 1. The monoisotopic (exact) mass is 655 g/mol. The lowest BCUT2D eigenvalue weighted by Crippen LogP contribution is -2.55. The number of carbonyl (C=O) groups excluding carboxylic acids is 1. The van der Waals surface area contributed by atoms with Crippen LogP contribution in [-0.2, 0) is 26.1 Å². The van der Waals surface area contributed by atoms with E-state index in [1.54, 1.807) is 6.07 Å². The summed E-state index contributed by atoms with van der Waals surface area (Å²) in [5.74, 6) is 4.87. The van der Waals surface area contributed by atoms with Gasteiger partial charge in [0.2, 0.25) is 0 Å². The number of nitrogens with zero attached hydrogens (tertiary/aromatic N) is 2. The van der Waals surface area contributed by atoms with Crippen LogP contribution in [-0.4, -0.2) is 64.0 Å². The summed E-state index contributed by atoms with van der Waals surface area (Å²) >= 11 is 13.7. The molecular formula is C31H43Cl2N3O4S2. The molecule has 7 nitrogen and oxygen atoms in total. The molecule has 1 saturated carbocycles. The van der Waals surface area contributed by atoms with Gasteiger partial charge in [-0.25, -0.2) is 17.3 Å². The van der Waals surface area contributed by atoms with Crippen molar-refractivity contribution in [1.82, 2.24) is 14.2 Å². The number of rotatable bonds is 6. The molecule has 2 aliphatic heterocycles. The Balaban J connectivity index is 1.49. The Morgan fingerprint density at radius 1 is 1.10 bits per heavy atom. The lowest BCUT2D eigenvalue weighted by molar-refractivity contribution is 0.0620. The first kappa shape index (κ1) is 31.9. The third kappa shape index (κ3) is 6.46. The van der Waals surface area contributed by atoms with E-state index >= 15 is 0 Å². The number of sulfone groups is 1. The maximum Gasteiger partial charge on any atom is 0.255 e. The van der Waals surface area contributed by atoms with E-state index < -0.39 is 25.1 Å². The van der Waals surface area contributed by atoms with Crippen molar-refractivity contribution < 1.29 is 17.4 Å². The van der Waals surface area contributed by atoms with Crippen LogP contribution >= 0.6 is 23.2 Å². The van der Waals surface area contributed by atoms with Crippen LogP contribution in [0, 0.1) is 18.3 Å². The topological polar surface area (TPSA) is 88.5 Å². The molecule has 1 N–H and O–H groups in total. The zero-order chi connectivity index (χ0) is 30.7. The quantitative estimate of drug-likeness (QED) is 0.366. The number of aromatic nitrogens is 1.